The third kappa shape index (κ3) is 3.96. The van der Waals surface area contributed by atoms with Gasteiger partial charge < -0.3 is 4.90 Å². The molecule has 0 radical (unpaired) electrons. The molecule has 136 valence electrons. The minimum atomic E-state index is -4.50. The van der Waals surface area contributed by atoms with E-state index in [1.165, 1.54) is 4.90 Å². The van der Waals surface area contributed by atoms with Crippen LogP contribution in [0.2, 0.25) is 0 Å². The fraction of sp³-hybridized carbons (Fsp3) is 0.421. The number of alkyl halides is 3. The number of amides is 1. The molecule has 4 nitrogen and oxygen atoms in total. The van der Waals surface area contributed by atoms with Crippen LogP contribution in [0.3, 0.4) is 0 Å². The molecule has 0 unspecified atom stereocenters. The Labute approximate surface area is 149 Å². The second-order valence-corrected chi connectivity index (χ2v) is 6.85. The number of piperidine rings is 1. The van der Waals surface area contributed by atoms with E-state index >= 15 is 0 Å². The molecule has 0 spiro atoms. The number of rotatable bonds is 2. The molecule has 2 heterocycles. The van der Waals surface area contributed by atoms with Crippen LogP contribution in [0.5, 0.6) is 0 Å². The summed E-state index contributed by atoms with van der Waals surface area (Å²) in [5, 5.41) is 10.1. The normalized spacial score (nSPS) is 20.8. The van der Waals surface area contributed by atoms with Crippen LogP contribution in [-0.4, -0.2) is 35.1 Å². The van der Waals surface area contributed by atoms with E-state index in [4.69, 9.17) is 0 Å². The monoisotopic (exact) mass is 361 g/mol. The van der Waals surface area contributed by atoms with Gasteiger partial charge in [0.2, 0.25) is 5.91 Å². The second kappa shape index (κ2) is 6.94. The molecule has 2 atom stereocenters. The van der Waals surface area contributed by atoms with E-state index in [1.807, 2.05) is 25.1 Å². The van der Waals surface area contributed by atoms with Crippen molar-refractivity contribution in [3.63, 3.8) is 0 Å². The Bertz CT molecular complexity index is 872. The van der Waals surface area contributed by atoms with Crippen molar-refractivity contribution in [1.82, 2.24) is 9.88 Å². The standard InChI is InChI=1S/C19H18F3N3O/c1-12-7-15(11-25(10-12)17(26)8-19(20,21)22)16-6-5-13-3-2-4-14(9-23)18(13)24-16/h2-6,12,15H,7-8,10-11H2,1H3/t12-,15+/m0/s1. The molecular weight excluding hydrogens is 343 g/mol. The van der Waals surface area contributed by atoms with Gasteiger partial charge in [-0.05, 0) is 24.5 Å². The molecule has 0 N–H and O–H groups in total. The summed E-state index contributed by atoms with van der Waals surface area (Å²) in [4.78, 5) is 17.9. The van der Waals surface area contributed by atoms with E-state index < -0.39 is 18.5 Å². The van der Waals surface area contributed by atoms with Crippen molar-refractivity contribution in [2.45, 2.75) is 31.9 Å². The van der Waals surface area contributed by atoms with Crippen LogP contribution in [0.25, 0.3) is 10.9 Å². The lowest BCUT2D eigenvalue weighted by Crippen LogP contribution is -2.44. The highest BCUT2D eigenvalue weighted by molar-refractivity contribution is 5.84. The number of likely N-dealkylation sites (tertiary alicyclic amines) is 1. The van der Waals surface area contributed by atoms with Gasteiger partial charge in [-0.15, -0.1) is 0 Å². The Kier molecular flexibility index (Phi) is 4.86. The highest BCUT2D eigenvalue weighted by Gasteiger charge is 2.36. The molecule has 2 aromatic rings. The Morgan fingerprint density at radius 2 is 2.08 bits per heavy atom. The number of para-hydroxylation sites is 1. The van der Waals surface area contributed by atoms with Crippen molar-refractivity contribution in [3.05, 3.63) is 41.6 Å². The third-order valence-electron chi connectivity index (χ3n) is 4.64. The molecule has 3 rings (SSSR count). The second-order valence-electron chi connectivity index (χ2n) is 6.85. The van der Waals surface area contributed by atoms with Crippen molar-refractivity contribution in [2.75, 3.05) is 13.1 Å². The van der Waals surface area contributed by atoms with E-state index in [9.17, 15) is 23.2 Å². The average Bonchev–Trinajstić information content (AvgIpc) is 2.58. The molecular formula is C19H18F3N3O. The van der Waals surface area contributed by atoms with Crippen molar-refractivity contribution in [1.29, 1.82) is 5.26 Å². The lowest BCUT2D eigenvalue weighted by molar-refractivity contribution is -0.162. The summed E-state index contributed by atoms with van der Waals surface area (Å²) in [5.74, 6) is -0.964. The van der Waals surface area contributed by atoms with Gasteiger partial charge in [-0.2, -0.15) is 18.4 Å². The summed E-state index contributed by atoms with van der Waals surface area (Å²) in [6.45, 7) is 2.46. The number of nitriles is 1. The SMILES string of the molecule is C[C@H]1C[C@@H](c2ccc3cccc(C#N)c3n2)CN(C(=O)CC(F)(F)F)C1. The van der Waals surface area contributed by atoms with Crippen molar-refractivity contribution in [2.24, 2.45) is 5.92 Å². The van der Waals surface area contributed by atoms with Gasteiger partial charge in [0.15, 0.2) is 0 Å². The molecule has 1 saturated heterocycles. The highest BCUT2D eigenvalue weighted by atomic mass is 19.4. The number of carbonyl (C=O) groups excluding carboxylic acids is 1. The summed E-state index contributed by atoms with van der Waals surface area (Å²) < 4.78 is 37.6. The van der Waals surface area contributed by atoms with Crippen molar-refractivity contribution >= 4 is 16.8 Å². The summed E-state index contributed by atoms with van der Waals surface area (Å²) in [6, 6.07) is 11.1. The van der Waals surface area contributed by atoms with E-state index in [0.717, 1.165) is 11.8 Å². The molecule has 1 aliphatic heterocycles. The maximum atomic E-state index is 12.5. The molecule has 1 aliphatic rings. The molecule has 0 saturated carbocycles. The van der Waals surface area contributed by atoms with Gasteiger partial charge in [0.1, 0.15) is 12.5 Å². The van der Waals surface area contributed by atoms with E-state index in [-0.39, 0.29) is 18.4 Å². The van der Waals surface area contributed by atoms with Crippen LogP contribution < -0.4 is 0 Å². The largest absolute Gasteiger partial charge is 0.397 e. The Morgan fingerprint density at radius 1 is 1.31 bits per heavy atom. The third-order valence-corrected chi connectivity index (χ3v) is 4.64. The Hall–Kier alpha value is -2.62. The first-order valence-corrected chi connectivity index (χ1v) is 8.41. The molecule has 1 fully saturated rings. The van der Waals surface area contributed by atoms with Crippen LogP contribution in [-0.2, 0) is 4.79 Å². The van der Waals surface area contributed by atoms with Gasteiger partial charge in [-0.3, -0.25) is 9.78 Å². The minimum Gasteiger partial charge on any atom is -0.341 e. The summed E-state index contributed by atoms with van der Waals surface area (Å²) in [6.07, 6.45) is -5.20. The highest BCUT2D eigenvalue weighted by Crippen LogP contribution is 2.32. The lowest BCUT2D eigenvalue weighted by atomic mass is 9.87. The fourth-order valence-electron chi connectivity index (χ4n) is 3.53. The number of hydrogen-bond donors (Lipinski definition) is 0. The van der Waals surface area contributed by atoms with Crippen molar-refractivity contribution < 1.29 is 18.0 Å². The predicted octanol–water partition coefficient (Wildman–Crippen LogP) is 4.01. The number of hydrogen-bond acceptors (Lipinski definition) is 3. The van der Waals surface area contributed by atoms with Crippen LogP contribution in [0, 0.1) is 17.2 Å². The zero-order valence-electron chi connectivity index (χ0n) is 14.3. The first kappa shape index (κ1) is 18.2. The summed E-state index contributed by atoms with van der Waals surface area (Å²) >= 11 is 0. The Balaban J connectivity index is 1.87. The van der Waals surface area contributed by atoms with Gasteiger partial charge in [0.25, 0.3) is 0 Å². The molecule has 26 heavy (non-hydrogen) atoms. The van der Waals surface area contributed by atoms with Crippen LogP contribution in [0.1, 0.15) is 36.9 Å². The lowest BCUT2D eigenvalue weighted by Gasteiger charge is -2.36. The average molecular weight is 361 g/mol. The van der Waals surface area contributed by atoms with Gasteiger partial charge in [-0.25, -0.2) is 0 Å². The number of carbonyl (C=O) groups is 1. The quantitative estimate of drug-likeness (QED) is 0.812. The number of benzene rings is 1. The first-order chi connectivity index (χ1) is 12.3. The molecule has 1 amide bonds. The smallest absolute Gasteiger partial charge is 0.341 e. The number of fused-ring (bicyclic) bond motifs is 1. The molecule has 7 heteroatoms. The van der Waals surface area contributed by atoms with Gasteiger partial charge in [0.05, 0.1) is 11.1 Å². The van der Waals surface area contributed by atoms with Gasteiger partial charge in [-0.1, -0.05) is 25.1 Å². The van der Waals surface area contributed by atoms with E-state index in [0.29, 0.717) is 23.3 Å². The number of nitrogens with zero attached hydrogens (tertiary/aromatic N) is 3. The van der Waals surface area contributed by atoms with E-state index in [2.05, 4.69) is 11.1 Å². The minimum absolute atomic E-state index is 0.0784. The van der Waals surface area contributed by atoms with Crippen LogP contribution in [0.15, 0.2) is 30.3 Å². The topological polar surface area (TPSA) is 57.0 Å². The van der Waals surface area contributed by atoms with Crippen LogP contribution >= 0.6 is 0 Å². The molecule has 0 bridgehead atoms. The summed E-state index contributed by atoms with van der Waals surface area (Å²) in [5.41, 5.74) is 1.74. The Morgan fingerprint density at radius 3 is 2.77 bits per heavy atom. The zero-order chi connectivity index (χ0) is 18.9. The number of pyridine rings is 1. The molecule has 0 aliphatic carbocycles. The molecule has 1 aromatic heterocycles. The van der Waals surface area contributed by atoms with Gasteiger partial charge in [0, 0.05) is 30.1 Å². The van der Waals surface area contributed by atoms with E-state index in [1.54, 1.807) is 12.1 Å². The first-order valence-electron chi connectivity index (χ1n) is 8.41. The zero-order valence-corrected chi connectivity index (χ0v) is 14.3. The maximum Gasteiger partial charge on any atom is 0.397 e. The number of aromatic nitrogens is 1. The predicted molar refractivity (Wildman–Crippen MR) is 90.2 cm³/mol. The fourth-order valence-corrected chi connectivity index (χ4v) is 3.53. The number of halogens is 3. The maximum absolute atomic E-state index is 12.5. The molecule has 1 aromatic carbocycles. The van der Waals surface area contributed by atoms with Gasteiger partial charge >= 0.3 is 6.18 Å². The summed E-state index contributed by atoms with van der Waals surface area (Å²) in [7, 11) is 0. The van der Waals surface area contributed by atoms with Crippen molar-refractivity contribution in [3.8, 4) is 6.07 Å². The van der Waals surface area contributed by atoms with Crippen LogP contribution in [0.4, 0.5) is 13.2 Å².